The van der Waals surface area contributed by atoms with Gasteiger partial charge in [0.1, 0.15) is 0 Å². The van der Waals surface area contributed by atoms with Crippen molar-refractivity contribution in [1.82, 2.24) is 0 Å². The summed E-state index contributed by atoms with van der Waals surface area (Å²) in [5, 5.41) is 0. The van der Waals surface area contributed by atoms with E-state index in [-0.39, 0.29) is 0 Å². The first kappa shape index (κ1) is 6.32. The van der Waals surface area contributed by atoms with E-state index in [1.54, 1.807) is 0 Å². The average molecular weight is 302 g/mol. The SMILES string of the molecule is Cc1c[c]([Pb])oc1C. The van der Waals surface area contributed by atoms with Crippen LogP contribution in [0.1, 0.15) is 11.3 Å². The first-order valence-electron chi connectivity index (χ1n) is 2.49. The molecule has 8 heavy (non-hydrogen) atoms. The molecule has 0 unspecified atom stereocenters. The third kappa shape index (κ3) is 1.13. The van der Waals surface area contributed by atoms with Crippen LogP contribution in [0.3, 0.4) is 0 Å². The van der Waals surface area contributed by atoms with Gasteiger partial charge in [0.25, 0.3) is 0 Å². The molecule has 2 heteroatoms. The Morgan fingerprint density at radius 2 is 2.12 bits per heavy atom. The van der Waals surface area contributed by atoms with E-state index >= 15 is 0 Å². The summed E-state index contributed by atoms with van der Waals surface area (Å²) in [6.07, 6.45) is 0. The molecule has 0 aliphatic heterocycles. The Balaban J connectivity index is 3.14. The van der Waals surface area contributed by atoms with Crippen molar-refractivity contribution in [2.24, 2.45) is 0 Å². The van der Waals surface area contributed by atoms with Crippen LogP contribution >= 0.6 is 0 Å². The summed E-state index contributed by atoms with van der Waals surface area (Å²) in [5.74, 6) is 1.06. The van der Waals surface area contributed by atoms with Crippen molar-refractivity contribution in [3.8, 4) is 0 Å². The first-order valence-corrected chi connectivity index (χ1v) is 4.43. The van der Waals surface area contributed by atoms with E-state index in [1.807, 2.05) is 6.92 Å². The number of furan rings is 1. The van der Waals surface area contributed by atoms with E-state index in [0.717, 1.165) is 34.8 Å². The minimum absolute atomic E-state index is 1.03. The Bertz CT molecular complexity index is 171. The van der Waals surface area contributed by atoms with Crippen molar-refractivity contribution >= 4 is 29.1 Å². The molecule has 0 aromatic carbocycles. The molecule has 1 aromatic heterocycles. The Labute approximate surface area is 64.8 Å². The van der Waals surface area contributed by atoms with Crippen molar-refractivity contribution in [3.05, 3.63) is 17.4 Å². The summed E-state index contributed by atoms with van der Waals surface area (Å²) >= 11 is 1.03. The molecule has 0 fully saturated rings. The number of hydrogen-bond acceptors (Lipinski definition) is 1. The predicted octanol–water partition coefficient (Wildman–Crippen LogP) is 0.690. The van der Waals surface area contributed by atoms with Crippen LogP contribution in [-0.2, 0) is 0 Å². The molecule has 0 aliphatic rings. The van der Waals surface area contributed by atoms with Gasteiger partial charge in [0.15, 0.2) is 0 Å². The standard InChI is InChI=1S/C6H7O.Pb/c1-5-3-4-7-6(5)2;/h3H,1-2H3;. The molecule has 1 nitrogen and oxygen atoms in total. The van der Waals surface area contributed by atoms with Gasteiger partial charge in [0.05, 0.1) is 0 Å². The van der Waals surface area contributed by atoms with Gasteiger partial charge in [0, 0.05) is 0 Å². The Morgan fingerprint density at radius 3 is 2.25 bits per heavy atom. The van der Waals surface area contributed by atoms with Crippen LogP contribution < -0.4 is 3.32 Å². The minimum atomic E-state index is 1.03. The molecular formula is C6H7OPb. The van der Waals surface area contributed by atoms with Crippen LogP contribution in [0.4, 0.5) is 0 Å². The van der Waals surface area contributed by atoms with Gasteiger partial charge in [-0.3, -0.25) is 0 Å². The van der Waals surface area contributed by atoms with Crippen LogP contribution in [0.2, 0.25) is 0 Å². The van der Waals surface area contributed by atoms with Gasteiger partial charge in [0.2, 0.25) is 0 Å². The van der Waals surface area contributed by atoms with Crippen molar-refractivity contribution in [3.63, 3.8) is 0 Å². The molecule has 0 amide bonds. The first-order chi connectivity index (χ1) is 3.70. The molecule has 3 radical (unpaired) electrons. The van der Waals surface area contributed by atoms with Crippen LogP contribution in [0.25, 0.3) is 0 Å². The van der Waals surface area contributed by atoms with Gasteiger partial charge >= 0.3 is 64.7 Å². The van der Waals surface area contributed by atoms with Gasteiger partial charge in [-0.1, -0.05) is 0 Å². The quantitative estimate of drug-likeness (QED) is 0.643. The molecule has 1 heterocycles. The monoisotopic (exact) mass is 303 g/mol. The van der Waals surface area contributed by atoms with Crippen LogP contribution in [-0.4, -0.2) is 25.8 Å². The summed E-state index contributed by atoms with van der Waals surface area (Å²) in [7, 11) is 0. The molecule has 0 spiro atoms. The van der Waals surface area contributed by atoms with Crippen LogP contribution in [0.5, 0.6) is 0 Å². The number of rotatable bonds is 0. The zero-order valence-electron chi connectivity index (χ0n) is 4.99. The predicted molar refractivity (Wildman–Crippen MR) is 33.6 cm³/mol. The molecule has 0 saturated carbocycles. The summed E-state index contributed by atoms with van der Waals surface area (Å²) in [4.78, 5) is 0. The molecule has 1 rings (SSSR count). The van der Waals surface area contributed by atoms with Gasteiger partial charge in [-0.2, -0.15) is 0 Å². The fourth-order valence-electron chi connectivity index (χ4n) is 0.573. The van der Waals surface area contributed by atoms with E-state index < -0.39 is 0 Å². The second-order valence-corrected chi connectivity index (χ2v) is 3.77. The Kier molecular flexibility index (Phi) is 1.75. The molecule has 0 atom stereocenters. The van der Waals surface area contributed by atoms with Crippen LogP contribution in [0.15, 0.2) is 10.5 Å². The third-order valence-electron chi connectivity index (χ3n) is 1.17. The molecule has 0 aliphatic carbocycles. The van der Waals surface area contributed by atoms with E-state index in [4.69, 9.17) is 4.42 Å². The van der Waals surface area contributed by atoms with Crippen molar-refractivity contribution in [2.75, 3.05) is 0 Å². The maximum absolute atomic E-state index is 5.28. The molecule has 0 saturated heterocycles. The molecular weight excluding hydrogens is 295 g/mol. The van der Waals surface area contributed by atoms with E-state index in [2.05, 4.69) is 13.0 Å². The molecule has 41 valence electrons. The number of aryl methyl sites for hydroxylation is 2. The van der Waals surface area contributed by atoms with Crippen molar-refractivity contribution < 1.29 is 4.42 Å². The van der Waals surface area contributed by atoms with Gasteiger partial charge in [-0.25, -0.2) is 0 Å². The third-order valence-corrected chi connectivity index (χ3v) is 2.12. The summed E-state index contributed by atoms with van der Waals surface area (Å²) in [6.45, 7) is 4.07. The van der Waals surface area contributed by atoms with E-state index in [0.29, 0.717) is 0 Å². The van der Waals surface area contributed by atoms with Crippen molar-refractivity contribution in [2.45, 2.75) is 13.8 Å². The topological polar surface area (TPSA) is 13.1 Å². The maximum atomic E-state index is 5.28. The zero-order valence-corrected chi connectivity index (χ0v) is 8.87. The Hall–Kier alpha value is 0.202. The Morgan fingerprint density at radius 1 is 1.50 bits per heavy atom. The fourth-order valence-corrected chi connectivity index (χ4v) is 2.01. The summed E-state index contributed by atoms with van der Waals surface area (Å²) < 4.78 is 6.41. The summed E-state index contributed by atoms with van der Waals surface area (Å²) in [5.41, 5.74) is 1.27. The fraction of sp³-hybridized carbons (Fsp3) is 0.333. The summed E-state index contributed by atoms with van der Waals surface area (Å²) in [6, 6.07) is 2.10. The van der Waals surface area contributed by atoms with Gasteiger partial charge < -0.3 is 0 Å². The van der Waals surface area contributed by atoms with Gasteiger partial charge in [-0.15, -0.1) is 0 Å². The average Bonchev–Trinajstić information content (AvgIpc) is 1.85. The number of hydrogen-bond donors (Lipinski definition) is 0. The molecule has 0 bridgehead atoms. The van der Waals surface area contributed by atoms with Crippen LogP contribution in [0, 0.1) is 13.8 Å². The molecule has 1 aromatic rings. The van der Waals surface area contributed by atoms with E-state index in [9.17, 15) is 0 Å². The zero-order chi connectivity index (χ0) is 6.15. The van der Waals surface area contributed by atoms with E-state index in [1.165, 1.54) is 5.56 Å². The molecule has 0 N–H and O–H groups in total. The second kappa shape index (κ2) is 2.21. The van der Waals surface area contributed by atoms with Crippen molar-refractivity contribution in [1.29, 1.82) is 0 Å². The van der Waals surface area contributed by atoms with Gasteiger partial charge in [-0.05, 0) is 0 Å². The second-order valence-electron chi connectivity index (χ2n) is 1.85. The normalized spacial score (nSPS) is 9.88.